The summed E-state index contributed by atoms with van der Waals surface area (Å²) < 4.78 is 26.9. The van der Waals surface area contributed by atoms with Crippen molar-refractivity contribution < 1.29 is 23.5 Å². The molecule has 3 heterocycles. The van der Waals surface area contributed by atoms with Crippen LogP contribution in [0, 0.1) is 19.7 Å². The predicted octanol–water partition coefficient (Wildman–Crippen LogP) is 7.82. The van der Waals surface area contributed by atoms with Crippen LogP contribution in [0.4, 0.5) is 4.39 Å². The number of imidazole rings is 2. The molecule has 0 bridgehead atoms. The standard InChI is InChI=1S/C21H21FN2O2.C18H17N3O2S/c1-15-11-16(3-8-20(15)21(25)26-2)12-18(13-24-10-9-23-14-24)17-4-6-19(22)7-5-17;1-13-9-14(3-4-16(13)18(22)23-2)10-15(17-20-6-8-24-17)11-21-7-5-19-12-21/h3-11,14,18H,12-13H2,1-2H3;3-10,12H,11H2,1-2H3/b;15-10-. The molecule has 256 valence electrons. The third-order valence-electron chi connectivity index (χ3n) is 8.13. The molecule has 3 aromatic carbocycles. The van der Waals surface area contributed by atoms with Crippen molar-refractivity contribution in [2.24, 2.45) is 0 Å². The van der Waals surface area contributed by atoms with Gasteiger partial charge in [0.25, 0.3) is 0 Å². The zero-order valence-electron chi connectivity index (χ0n) is 28.3. The summed E-state index contributed by atoms with van der Waals surface area (Å²) in [5, 5.41) is 2.93. The molecule has 0 aliphatic heterocycles. The first-order chi connectivity index (χ1) is 24.2. The number of aromatic nitrogens is 5. The van der Waals surface area contributed by atoms with E-state index in [1.165, 1.54) is 26.4 Å². The molecular weight excluding hydrogens is 654 g/mol. The van der Waals surface area contributed by atoms with Gasteiger partial charge < -0.3 is 18.6 Å². The second-order valence-electron chi connectivity index (χ2n) is 11.7. The van der Waals surface area contributed by atoms with Crippen molar-refractivity contribution in [3.05, 3.63) is 159 Å². The van der Waals surface area contributed by atoms with Gasteiger partial charge in [-0.05, 0) is 78.4 Å². The van der Waals surface area contributed by atoms with Gasteiger partial charge in [0.2, 0.25) is 0 Å². The van der Waals surface area contributed by atoms with Crippen LogP contribution >= 0.6 is 11.3 Å². The monoisotopic (exact) mass is 691 g/mol. The molecule has 0 aliphatic carbocycles. The second kappa shape index (κ2) is 17.1. The zero-order chi connectivity index (χ0) is 35.5. The highest BCUT2D eigenvalue weighted by Gasteiger charge is 2.16. The summed E-state index contributed by atoms with van der Waals surface area (Å²) in [7, 11) is 2.77. The van der Waals surface area contributed by atoms with Crippen molar-refractivity contribution in [3.8, 4) is 0 Å². The van der Waals surface area contributed by atoms with Crippen LogP contribution in [0.1, 0.15) is 59.5 Å². The fraction of sp³-hybridized carbons (Fsp3) is 0.205. The van der Waals surface area contributed by atoms with Crippen molar-refractivity contribution in [3.63, 3.8) is 0 Å². The van der Waals surface area contributed by atoms with E-state index in [-0.39, 0.29) is 23.7 Å². The van der Waals surface area contributed by atoms with E-state index in [2.05, 4.69) is 21.0 Å². The van der Waals surface area contributed by atoms with Crippen LogP contribution in [0.25, 0.3) is 11.6 Å². The first-order valence-corrected chi connectivity index (χ1v) is 16.8. The highest BCUT2D eigenvalue weighted by Crippen LogP contribution is 2.26. The first kappa shape index (κ1) is 35.6. The van der Waals surface area contributed by atoms with Crippen LogP contribution in [-0.2, 0) is 29.0 Å². The lowest BCUT2D eigenvalue weighted by molar-refractivity contribution is 0.0591. The molecule has 9 nitrogen and oxygen atoms in total. The molecule has 0 saturated heterocycles. The molecule has 0 saturated carbocycles. The molecule has 0 amide bonds. The number of thiazole rings is 1. The molecule has 0 N–H and O–H groups in total. The molecule has 6 aromatic rings. The number of carbonyl (C=O) groups is 2. The minimum atomic E-state index is -0.331. The lowest BCUT2D eigenvalue weighted by atomic mass is 9.90. The number of methoxy groups -OCH3 is 2. The van der Waals surface area contributed by atoms with E-state index in [0.717, 1.165) is 51.4 Å². The normalized spacial score (nSPS) is 11.7. The average Bonchev–Trinajstić information content (AvgIpc) is 3.93. The van der Waals surface area contributed by atoms with Crippen molar-refractivity contribution >= 4 is 34.9 Å². The molecule has 3 aromatic heterocycles. The molecule has 0 spiro atoms. The molecular formula is C39H38FN5O4S. The topological polar surface area (TPSA) is 101 Å². The summed E-state index contributed by atoms with van der Waals surface area (Å²) in [5.41, 5.74) is 7.22. The van der Waals surface area contributed by atoms with Crippen LogP contribution in [0.2, 0.25) is 0 Å². The van der Waals surface area contributed by atoms with Gasteiger partial charge in [-0.15, -0.1) is 11.3 Å². The van der Waals surface area contributed by atoms with Crippen LogP contribution < -0.4 is 0 Å². The van der Waals surface area contributed by atoms with Gasteiger partial charge in [0, 0.05) is 54.4 Å². The Morgan fingerprint density at radius 1 is 0.840 bits per heavy atom. The third-order valence-corrected chi connectivity index (χ3v) is 8.97. The summed E-state index contributed by atoms with van der Waals surface area (Å²) in [6.45, 7) is 5.23. The Hall–Kier alpha value is -5.68. The Kier molecular flexibility index (Phi) is 12.2. The molecule has 11 heteroatoms. The third kappa shape index (κ3) is 9.48. The van der Waals surface area contributed by atoms with Gasteiger partial charge in [0.1, 0.15) is 10.8 Å². The van der Waals surface area contributed by atoms with Crippen LogP contribution in [-0.4, -0.2) is 50.2 Å². The summed E-state index contributed by atoms with van der Waals surface area (Å²) in [6, 6.07) is 18.1. The van der Waals surface area contributed by atoms with Crippen LogP contribution in [0.5, 0.6) is 0 Å². The number of esters is 2. The van der Waals surface area contributed by atoms with Crippen molar-refractivity contribution in [2.75, 3.05) is 14.2 Å². The molecule has 50 heavy (non-hydrogen) atoms. The van der Waals surface area contributed by atoms with E-state index in [0.29, 0.717) is 17.7 Å². The van der Waals surface area contributed by atoms with E-state index in [1.54, 1.807) is 54.7 Å². The molecule has 0 fully saturated rings. The molecule has 1 atom stereocenters. The van der Waals surface area contributed by atoms with Crippen LogP contribution in [0.3, 0.4) is 0 Å². The maximum Gasteiger partial charge on any atom is 0.338 e. The van der Waals surface area contributed by atoms with Gasteiger partial charge in [-0.2, -0.15) is 0 Å². The van der Waals surface area contributed by atoms with Crippen molar-refractivity contribution in [1.29, 1.82) is 0 Å². The Labute approximate surface area is 294 Å². The minimum Gasteiger partial charge on any atom is -0.465 e. The number of hydrogen-bond acceptors (Lipinski definition) is 8. The lowest BCUT2D eigenvalue weighted by Gasteiger charge is -2.19. The largest absolute Gasteiger partial charge is 0.465 e. The second-order valence-corrected chi connectivity index (χ2v) is 12.6. The minimum absolute atomic E-state index is 0.160. The van der Waals surface area contributed by atoms with E-state index in [1.807, 2.05) is 77.2 Å². The molecule has 1 unspecified atom stereocenters. The number of aryl methyl sites for hydroxylation is 2. The lowest BCUT2D eigenvalue weighted by Crippen LogP contribution is -2.12. The number of halogens is 1. The average molecular weight is 692 g/mol. The number of hydrogen-bond donors (Lipinski definition) is 0. The number of carbonyl (C=O) groups excluding carboxylic acids is 2. The number of rotatable bonds is 11. The van der Waals surface area contributed by atoms with Gasteiger partial charge in [0.05, 0.1) is 44.5 Å². The Morgan fingerprint density at radius 2 is 1.48 bits per heavy atom. The summed E-state index contributed by atoms with van der Waals surface area (Å²) in [5.74, 6) is -0.731. The van der Waals surface area contributed by atoms with E-state index >= 15 is 0 Å². The highest BCUT2D eigenvalue weighted by atomic mass is 32.1. The Morgan fingerprint density at radius 3 is 2.04 bits per heavy atom. The van der Waals surface area contributed by atoms with E-state index < -0.39 is 0 Å². The number of ether oxygens (including phenoxy) is 2. The maximum absolute atomic E-state index is 13.3. The highest BCUT2D eigenvalue weighted by molar-refractivity contribution is 7.10. The Bertz CT molecular complexity index is 2020. The maximum atomic E-state index is 13.3. The van der Waals surface area contributed by atoms with Crippen molar-refractivity contribution in [1.82, 2.24) is 24.1 Å². The quantitative estimate of drug-likeness (QED) is 0.128. The van der Waals surface area contributed by atoms with Crippen LogP contribution in [0.15, 0.2) is 110 Å². The van der Waals surface area contributed by atoms with Crippen molar-refractivity contribution in [2.45, 2.75) is 39.3 Å². The summed E-state index contributed by atoms with van der Waals surface area (Å²) >= 11 is 1.60. The molecule has 6 rings (SSSR count). The SMILES string of the molecule is COC(=O)c1ccc(/C=C(/Cn2ccnc2)c2nccs2)cc1C.COC(=O)c1ccc(CC(Cn2ccnc2)c2ccc(F)cc2)cc1C. The molecule has 0 aliphatic rings. The summed E-state index contributed by atoms with van der Waals surface area (Å²) in [6.07, 6.45) is 15.6. The van der Waals surface area contributed by atoms with E-state index in [9.17, 15) is 14.0 Å². The van der Waals surface area contributed by atoms with Gasteiger partial charge in [-0.3, -0.25) is 0 Å². The first-order valence-electron chi connectivity index (χ1n) is 15.9. The predicted molar refractivity (Wildman–Crippen MR) is 192 cm³/mol. The fourth-order valence-electron chi connectivity index (χ4n) is 5.60. The van der Waals surface area contributed by atoms with E-state index in [4.69, 9.17) is 9.47 Å². The van der Waals surface area contributed by atoms with Gasteiger partial charge in [-0.1, -0.05) is 36.4 Å². The molecule has 0 radical (unpaired) electrons. The Balaban J connectivity index is 0.000000195. The fourth-order valence-corrected chi connectivity index (χ4v) is 6.25. The number of benzene rings is 3. The number of nitrogens with zero attached hydrogens (tertiary/aromatic N) is 5. The number of allylic oxidation sites excluding steroid dienone is 1. The summed E-state index contributed by atoms with van der Waals surface area (Å²) in [4.78, 5) is 36.1. The zero-order valence-corrected chi connectivity index (χ0v) is 29.1. The van der Waals surface area contributed by atoms with Gasteiger partial charge >= 0.3 is 11.9 Å². The smallest absolute Gasteiger partial charge is 0.338 e. The van der Waals surface area contributed by atoms with Gasteiger partial charge in [0.15, 0.2) is 0 Å². The van der Waals surface area contributed by atoms with Gasteiger partial charge in [-0.25, -0.2) is 28.9 Å².